The smallest absolute Gasteiger partial charge is 0.243 e. The number of hydrogen-bond donors (Lipinski definition) is 1. The molecule has 136 valence electrons. The van der Waals surface area contributed by atoms with Crippen LogP contribution in [0.2, 0.25) is 5.02 Å². The maximum absolute atomic E-state index is 11.8. The van der Waals surface area contributed by atoms with Crippen LogP contribution in [0.4, 0.5) is 0 Å². The van der Waals surface area contributed by atoms with E-state index in [0.29, 0.717) is 6.54 Å². The van der Waals surface area contributed by atoms with E-state index in [-0.39, 0.29) is 42.5 Å². The highest BCUT2D eigenvalue weighted by Crippen LogP contribution is 2.11. The van der Waals surface area contributed by atoms with Gasteiger partial charge in [0.25, 0.3) is 0 Å². The number of guanidine groups is 1. The third kappa shape index (κ3) is 8.19. The fraction of sp³-hybridized carbons (Fsp3) is 0.529. The number of benzene rings is 1. The second-order valence-electron chi connectivity index (χ2n) is 5.86. The zero-order valence-corrected chi connectivity index (χ0v) is 18.1. The van der Waals surface area contributed by atoms with Gasteiger partial charge in [0.05, 0.1) is 0 Å². The van der Waals surface area contributed by atoms with Crippen LogP contribution < -0.4 is 5.32 Å². The lowest BCUT2D eigenvalue weighted by molar-refractivity contribution is -0.127. The lowest BCUT2D eigenvalue weighted by Gasteiger charge is -2.25. The Morgan fingerprint density at radius 2 is 1.83 bits per heavy atom. The van der Waals surface area contributed by atoms with Crippen molar-refractivity contribution in [3.05, 3.63) is 34.9 Å². The van der Waals surface area contributed by atoms with Gasteiger partial charge in [-0.15, -0.1) is 24.0 Å². The van der Waals surface area contributed by atoms with Gasteiger partial charge in [-0.3, -0.25) is 4.79 Å². The maximum atomic E-state index is 11.8. The molecule has 0 bridgehead atoms. The first-order valence-corrected chi connectivity index (χ1v) is 8.18. The SMILES string of the molecule is CCC(C)NC(=NCC(=O)N(C)C)N(C)Cc1ccc(Cl)cc1.I. The first kappa shape index (κ1) is 23.0. The largest absolute Gasteiger partial charge is 0.354 e. The van der Waals surface area contributed by atoms with Gasteiger partial charge in [0.2, 0.25) is 5.91 Å². The summed E-state index contributed by atoms with van der Waals surface area (Å²) in [5.41, 5.74) is 1.13. The summed E-state index contributed by atoms with van der Waals surface area (Å²) >= 11 is 5.92. The summed E-state index contributed by atoms with van der Waals surface area (Å²) in [4.78, 5) is 19.8. The van der Waals surface area contributed by atoms with Crippen LogP contribution in [0.25, 0.3) is 0 Å². The molecule has 0 fully saturated rings. The minimum Gasteiger partial charge on any atom is -0.354 e. The summed E-state index contributed by atoms with van der Waals surface area (Å²) in [5, 5.41) is 4.09. The number of rotatable bonds is 6. The summed E-state index contributed by atoms with van der Waals surface area (Å²) < 4.78 is 0. The van der Waals surface area contributed by atoms with E-state index in [1.165, 1.54) is 0 Å². The summed E-state index contributed by atoms with van der Waals surface area (Å²) in [5.74, 6) is 0.706. The standard InChI is InChI=1S/C17H27ClN4O.HI/c1-6-13(2)20-17(19-11-16(23)21(3)4)22(5)12-14-7-9-15(18)10-8-14;/h7-10,13H,6,11-12H2,1-5H3,(H,19,20);1H. The first-order valence-electron chi connectivity index (χ1n) is 7.80. The number of hydrogen-bond acceptors (Lipinski definition) is 2. The molecule has 1 aromatic carbocycles. The Morgan fingerprint density at radius 3 is 2.33 bits per heavy atom. The van der Waals surface area contributed by atoms with Crippen molar-refractivity contribution in [1.29, 1.82) is 0 Å². The molecule has 0 aliphatic rings. The lowest BCUT2D eigenvalue weighted by atomic mass is 10.2. The lowest BCUT2D eigenvalue weighted by Crippen LogP contribution is -2.43. The minimum absolute atomic E-state index is 0. The molecule has 1 atom stereocenters. The Hall–Kier alpha value is -1.02. The number of nitrogens with zero attached hydrogens (tertiary/aromatic N) is 3. The molecule has 0 aliphatic carbocycles. The summed E-state index contributed by atoms with van der Waals surface area (Å²) in [6, 6.07) is 8.02. The predicted molar refractivity (Wildman–Crippen MR) is 112 cm³/mol. The van der Waals surface area contributed by atoms with Crippen molar-refractivity contribution in [3.8, 4) is 0 Å². The number of carbonyl (C=O) groups is 1. The molecule has 0 aromatic heterocycles. The number of likely N-dealkylation sites (N-methyl/N-ethyl adjacent to an activating group) is 1. The van der Waals surface area contributed by atoms with Gasteiger partial charge < -0.3 is 15.1 Å². The van der Waals surface area contributed by atoms with Crippen molar-refractivity contribution in [3.63, 3.8) is 0 Å². The van der Waals surface area contributed by atoms with Gasteiger partial charge in [-0.2, -0.15) is 0 Å². The topological polar surface area (TPSA) is 47.9 Å². The Labute approximate surface area is 167 Å². The molecule has 7 heteroatoms. The number of halogens is 2. The zero-order chi connectivity index (χ0) is 17.4. The molecule has 1 N–H and O–H groups in total. The van der Waals surface area contributed by atoms with Crippen molar-refractivity contribution in [2.24, 2.45) is 4.99 Å². The molecular weight excluding hydrogens is 439 g/mol. The third-order valence-corrected chi connectivity index (χ3v) is 3.80. The Kier molecular flexibility index (Phi) is 11.0. The van der Waals surface area contributed by atoms with Crippen molar-refractivity contribution < 1.29 is 4.79 Å². The summed E-state index contributed by atoms with van der Waals surface area (Å²) in [6.07, 6.45) is 0.982. The highest BCUT2D eigenvalue weighted by atomic mass is 127. The van der Waals surface area contributed by atoms with Crippen molar-refractivity contribution in [1.82, 2.24) is 15.1 Å². The van der Waals surface area contributed by atoms with E-state index in [1.54, 1.807) is 19.0 Å². The summed E-state index contributed by atoms with van der Waals surface area (Å²) in [6.45, 7) is 5.03. The van der Waals surface area contributed by atoms with Crippen LogP contribution in [0.15, 0.2) is 29.3 Å². The highest BCUT2D eigenvalue weighted by molar-refractivity contribution is 14.0. The monoisotopic (exact) mass is 466 g/mol. The van der Waals surface area contributed by atoms with Crippen LogP contribution in [0.1, 0.15) is 25.8 Å². The fourth-order valence-corrected chi connectivity index (χ4v) is 1.95. The van der Waals surface area contributed by atoms with E-state index in [9.17, 15) is 4.79 Å². The Bertz CT molecular complexity index is 534. The van der Waals surface area contributed by atoms with Gasteiger partial charge >= 0.3 is 0 Å². The molecule has 0 heterocycles. The Morgan fingerprint density at radius 1 is 1.25 bits per heavy atom. The molecule has 0 saturated heterocycles. The molecule has 1 unspecified atom stereocenters. The fourth-order valence-electron chi connectivity index (χ4n) is 1.82. The molecule has 0 spiro atoms. The minimum atomic E-state index is -0.0201. The molecule has 24 heavy (non-hydrogen) atoms. The van der Waals surface area contributed by atoms with Gasteiger partial charge in [-0.1, -0.05) is 30.7 Å². The highest BCUT2D eigenvalue weighted by Gasteiger charge is 2.11. The van der Waals surface area contributed by atoms with Crippen molar-refractivity contribution >= 4 is 47.4 Å². The summed E-state index contributed by atoms with van der Waals surface area (Å²) in [7, 11) is 5.43. The van der Waals surface area contributed by atoms with Crippen LogP contribution in [0, 0.1) is 0 Å². The molecule has 5 nitrogen and oxygen atoms in total. The number of carbonyl (C=O) groups excluding carboxylic acids is 1. The molecule has 0 saturated carbocycles. The molecule has 1 amide bonds. The predicted octanol–water partition coefficient (Wildman–Crippen LogP) is 3.22. The molecule has 0 aliphatic heterocycles. The Balaban J connectivity index is 0.00000529. The zero-order valence-electron chi connectivity index (χ0n) is 15.0. The molecular formula is C17H28ClIN4O. The first-order chi connectivity index (χ1) is 10.8. The van der Waals surface area contributed by atoms with Gasteiger partial charge in [0.1, 0.15) is 6.54 Å². The van der Waals surface area contributed by atoms with Crippen molar-refractivity contribution in [2.45, 2.75) is 32.9 Å². The van der Waals surface area contributed by atoms with E-state index in [0.717, 1.165) is 23.0 Å². The number of aliphatic imine (C=N–C) groups is 1. The maximum Gasteiger partial charge on any atom is 0.243 e. The third-order valence-electron chi connectivity index (χ3n) is 3.55. The number of nitrogens with one attached hydrogen (secondary N) is 1. The number of amides is 1. The van der Waals surface area contributed by atoms with Gasteiger partial charge in [0.15, 0.2) is 5.96 Å². The second kappa shape index (κ2) is 11.5. The average molecular weight is 467 g/mol. The normalized spacial score (nSPS) is 12.2. The average Bonchev–Trinajstić information content (AvgIpc) is 2.52. The van der Waals surface area contributed by atoms with E-state index in [1.807, 2.05) is 36.2 Å². The van der Waals surface area contributed by atoms with Crippen LogP contribution in [-0.2, 0) is 11.3 Å². The molecule has 1 rings (SSSR count). The van der Waals surface area contributed by atoms with Crippen LogP contribution in [0.5, 0.6) is 0 Å². The van der Waals surface area contributed by atoms with E-state index < -0.39 is 0 Å². The van der Waals surface area contributed by atoms with Crippen LogP contribution in [0.3, 0.4) is 0 Å². The van der Waals surface area contributed by atoms with Crippen LogP contribution in [-0.4, -0.2) is 55.4 Å². The van der Waals surface area contributed by atoms with Crippen molar-refractivity contribution in [2.75, 3.05) is 27.7 Å². The van der Waals surface area contributed by atoms with E-state index >= 15 is 0 Å². The second-order valence-corrected chi connectivity index (χ2v) is 6.30. The quantitative estimate of drug-likeness (QED) is 0.398. The van der Waals surface area contributed by atoms with Gasteiger partial charge in [-0.05, 0) is 31.0 Å². The van der Waals surface area contributed by atoms with Gasteiger partial charge in [-0.25, -0.2) is 4.99 Å². The van der Waals surface area contributed by atoms with E-state index in [4.69, 9.17) is 11.6 Å². The van der Waals surface area contributed by atoms with Gasteiger partial charge in [0, 0.05) is 38.8 Å². The van der Waals surface area contributed by atoms with Crippen LogP contribution >= 0.6 is 35.6 Å². The molecule has 0 radical (unpaired) electrons. The molecule has 1 aromatic rings. The van der Waals surface area contributed by atoms with E-state index in [2.05, 4.69) is 24.2 Å².